The third-order valence-corrected chi connectivity index (χ3v) is 4.39. The number of ether oxygens (including phenoxy) is 1. The minimum absolute atomic E-state index is 0.138. The van der Waals surface area contributed by atoms with Gasteiger partial charge in [0.05, 0.1) is 17.8 Å². The van der Waals surface area contributed by atoms with Gasteiger partial charge in [-0.2, -0.15) is 5.10 Å². The molecule has 0 bridgehead atoms. The Morgan fingerprint density at radius 3 is 2.58 bits per heavy atom. The van der Waals surface area contributed by atoms with E-state index in [4.69, 9.17) is 10.6 Å². The van der Waals surface area contributed by atoms with Crippen LogP contribution in [0.3, 0.4) is 0 Å². The maximum Gasteiger partial charge on any atom is 0.0847 e. The summed E-state index contributed by atoms with van der Waals surface area (Å²) in [6.07, 6.45) is 12.0. The van der Waals surface area contributed by atoms with E-state index >= 15 is 0 Å². The number of methoxy groups -OCH3 is 1. The van der Waals surface area contributed by atoms with Crippen molar-refractivity contribution in [3.63, 3.8) is 0 Å². The summed E-state index contributed by atoms with van der Waals surface area (Å²) in [5.41, 5.74) is 4.05. The van der Waals surface area contributed by atoms with Crippen LogP contribution in [0, 0.1) is 0 Å². The molecule has 108 valence electrons. The van der Waals surface area contributed by atoms with E-state index in [0.29, 0.717) is 0 Å². The highest BCUT2D eigenvalue weighted by Crippen LogP contribution is 2.34. The lowest BCUT2D eigenvalue weighted by molar-refractivity contribution is -0.0527. The fourth-order valence-electron chi connectivity index (χ4n) is 3.23. The Bertz CT molecular complexity index is 383. The van der Waals surface area contributed by atoms with E-state index in [2.05, 4.69) is 10.5 Å². The summed E-state index contributed by atoms with van der Waals surface area (Å²) in [5, 5.41) is 4.22. The largest absolute Gasteiger partial charge is 0.377 e. The molecule has 1 unspecified atom stereocenters. The lowest BCUT2D eigenvalue weighted by Crippen LogP contribution is -2.55. The normalized spacial score (nSPS) is 21.0. The molecule has 0 spiro atoms. The van der Waals surface area contributed by atoms with Crippen molar-refractivity contribution in [2.75, 3.05) is 7.11 Å². The summed E-state index contributed by atoms with van der Waals surface area (Å²) in [6.45, 7) is 0. The summed E-state index contributed by atoms with van der Waals surface area (Å²) < 4.78 is 7.75. The monoisotopic (exact) mass is 266 g/mol. The Morgan fingerprint density at radius 1 is 1.42 bits per heavy atom. The second-order valence-corrected chi connectivity index (χ2v) is 5.63. The van der Waals surface area contributed by atoms with Crippen LogP contribution in [0.15, 0.2) is 12.4 Å². The number of aryl methyl sites for hydroxylation is 1. The zero-order chi connectivity index (χ0) is 13.7. The van der Waals surface area contributed by atoms with Crippen LogP contribution < -0.4 is 11.3 Å². The van der Waals surface area contributed by atoms with Crippen molar-refractivity contribution in [3.05, 3.63) is 18.0 Å². The van der Waals surface area contributed by atoms with Gasteiger partial charge in [0.2, 0.25) is 0 Å². The highest BCUT2D eigenvalue weighted by Gasteiger charge is 2.38. The molecule has 5 heteroatoms. The van der Waals surface area contributed by atoms with Crippen LogP contribution in [0.5, 0.6) is 0 Å². The molecular formula is C14H26N4O. The van der Waals surface area contributed by atoms with Gasteiger partial charge in [-0.3, -0.25) is 16.0 Å². The number of hydrogen-bond acceptors (Lipinski definition) is 4. The van der Waals surface area contributed by atoms with Gasteiger partial charge in [-0.1, -0.05) is 25.7 Å². The van der Waals surface area contributed by atoms with E-state index in [9.17, 15) is 0 Å². The molecule has 1 saturated carbocycles. The van der Waals surface area contributed by atoms with Gasteiger partial charge in [-0.25, -0.2) is 0 Å². The molecule has 0 aliphatic heterocycles. The predicted octanol–water partition coefficient (Wildman–Crippen LogP) is 1.53. The maximum atomic E-state index is 5.92. The molecule has 0 aromatic carbocycles. The van der Waals surface area contributed by atoms with Crippen LogP contribution in [0.1, 0.15) is 44.1 Å². The van der Waals surface area contributed by atoms with Crippen LogP contribution >= 0.6 is 0 Å². The topological polar surface area (TPSA) is 65.1 Å². The Hall–Kier alpha value is -0.910. The smallest absolute Gasteiger partial charge is 0.0847 e. The fraction of sp³-hybridized carbons (Fsp3) is 0.786. The minimum atomic E-state index is -0.138. The number of rotatable bonds is 5. The summed E-state index contributed by atoms with van der Waals surface area (Å²) in [7, 11) is 3.75. The molecule has 0 amide bonds. The molecular weight excluding hydrogens is 240 g/mol. The number of hydrogen-bond donors (Lipinski definition) is 2. The molecule has 1 fully saturated rings. The molecule has 1 aromatic rings. The Kier molecular flexibility index (Phi) is 4.96. The van der Waals surface area contributed by atoms with Crippen LogP contribution in [-0.4, -0.2) is 28.5 Å². The highest BCUT2D eigenvalue weighted by molar-refractivity contribution is 5.09. The van der Waals surface area contributed by atoms with Crippen molar-refractivity contribution in [2.45, 2.75) is 56.6 Å². The number of hydrazine groups is 1. The van der Waals surface area contributed by atoms with Crippen molar-refractivity contribution in [2.24, 2.45) is 12.9 Å². The van der Waals surface area contributed by atoms with E-state index < -0.39 is 0 Å². The molecule has 1 atom stereocenters. The number of nitrogens with two attached hydrogens (primary N) is 1. The molecule has 3 N–H and O–H groups in total. The van der Waals surface area contributed by atoms with E-state index in [1.807, 2.05) is 31.2 Å². The van der Waals surface area contributed by atoms with Crippen molar-refractivity contribution < 1.29 is 4.74 Å². The van der Waals surface area contributed by atoms with Gasteiger partial charge in [0.15, 0.2) is 0 Å². The first-order chi connectivity index (χ1) is 9.20. The van der Waals surface area contributed by atoms with Gasteiger partial charge in [-0.05, 0) is 24.8 Å². The van der Waals surface area contributed by atoms with Gasteiger partial charge >= 0.3 is 0 Å². The van der Waals surface area contributed by atoms with Crippen LogP contribution in [0.2, 0.25) is 0 Å². The van der Waals surface area contributed by atoms with Crippen molar-refractivity contribution in [3.8, 4) is 0 Å². The third-order valence-electron chi connectivity index (χ3n) is 4.39. The first-order valence-electron chi connectivity index (χ1n) is 7.19. The van der Waals surface area contributed by atoms with E-state index in [-0.39, 0.29) is 11.6 Å². The van der Waals surface area contributed by atoms with Crippen LogP contribution in [0.4, 0.5) is 0 Å². The van der Waals surface area contributed by atoms with Gasteiger partial charge in [0.1, 0.15) is 0 Å². The Morgan fingerprint density at radius 2 is 2.11 bits per heavy atom. The molecule has 5 nitrogen and oxygen atoms in total. The Labute approximate surface area is 115 Å². The SMILES string of the molecule is COC1(C(Cc2cnn(C)c2)NN)CCCCCC1. The number of nitrogens with one attached hydrogen (secondary N) is 1. The molecule has 19 heavy (non-hydrogen) atoms. The number of aromatic nitrogens is 2. The lowest BCUT2D eigenvalue weighted by atomic mass is 9.83. The molecule has 1 heterocycles. The minimum Gasteiger partial charge on any atom is -0.377 e. The maximum absolute atomic E-state index is 5.92. The average Bonchev–Trinajstić information content (AvgIpc) is 2.69. The van der Waals surface area contributed by atoms with Gasteiger partial charge in [0, 0.05) is 20.4 Å². The third kappa shape index (κ3) is 3.35. The molecule has 1 aliphatic carbocycles. The average molecular weight is 266 g/mol. The van der Waals surface area contributed by atoms with Gasteiger partial charge in [-0.15, -0.1) is 0 Å². The van der Waals surface area contributed by atoms with Crippen molar-refractivity contribution in [1.82, 2.24) is 15.2 Å². The molecule has 0 saturated heterocycles. The quantitative estimate of drug-likeness (QED) is 0.482. The summed E-state index contributed by atoms with van der Waals surface area (Å²) in [5.74, 6) is 5.81. The second kappa shape index (κ2) is 6.50. The summed E-state index contributed by atoms with van der Waals surface area (Å²) >= 11 is 0. The molecule has 1 aromatic heterocycles. The molecule has 1 aliphatic rings. The first-order valence-corrected chi connectivity index (χ1v) is 7.19. The van der Waals surface area contributed by atoms with Gasteiger partial charge in [0.25, 0.3) is 0 Å². The van der Waals surface area contributed by atoms with Crippen molar-refractivity contribution in [1.29, 1.82) is 0 Å². The standard InChI is InChI=1S/C14H26N4O/c1-18-11-12(10-16-18)9-13(17-15)14(19-2)7-5-3-4-6-8-14/h10-11,13,17H,3-9,15H2,1-2H3. The van der Waals surface area contributed by atoms with Gasteiger partial charge < -0.3 is 4.74 Å². The highest BCUT2D eigenvalue weighted by atomic mass is 16.5. The second-order valence-electron chi connectivity index (χ2n) is 5.63. The molecule has 2 rings (SSSR count). The fourth-order valence-corrected chi connectivity index (χ4v) is 3.23. The zero-order valence-electron chi connectivity index (χ0n) is 12.1. The van der Waals surface area contributed by atoms with E-state index in [0.717, 1.165) is 19.3 Å². The Balaban J connectivity index is 2.12. The zero-order valence-corrected chi connectivity index (χ0v) is 12.1. The lowest BCUT2D eigenvalue weighted by Gasteiger charge is -2.38. The number of nitrogens with zero attached hydrogens (tertiary/aromatic N) is 2. The molecule has 0 radical (unpaired) electrons. The van der Waals surface area contributed by atoms with Crippen LogP contribution in [-0.2, 0) is 18.2 Å². The van der Waals surface area contributed by atoms with E-state index in [1.54, 1.807) is 0 Å². The van der Waals surface area contributed by atoms with E-state index in [1.165, 1.54) is 31.2 Å². The van der Waals surface area contributed by atoms with Crippen LogP contribution in [0.25, 0.3) is 0 Å². The van der Waals surface area contributed by atoms with Crippen molar-refractivity contribution >= 4 is 0 Å². The predicted molar refractivity (Wildman–Crippen MR) is 75.5 cm³/mol. The summed E-state index contributed by atoms with van der Waals surface area (Å²) in [6, 6.07) is 0.139. The first kappa shape index (κ1) is 14.5. The summed E-state index contributed by atoms with van der Waals surface area (Å²) in [4.78, 5) is 0.